The number of amides is 2. The highest BCUT2D eigenvalue weighted by Crippen LogP contribution is 2.44. The molecule has 4 aliphatic rings. The number of hydrogen-bond acceptors (Lipinski definition) is 9. The van der Waals surface area contributed by atoms with Crippen molar-refractivity contribution in [3.05, 3.63) is 46.9 Å². The number of aromatic nitrogens is 4. The number of fused-ring (bicyclic) bond motifs is 1. The van der Waals surface area contributed by atoms with Crippen molar-refractivity contribution < 1.29 is 23.2 Å². The minimum absolute atomic E-state index is 0.0999. The number of aryl methyl sites for hydroxylation is 1. The van der Waals surface area contributed by atoms with Crippen LogP contribution in [0.2, 0.25) is 0 Å². The quantitative estimate of drug-likeness (QED) is 0.380. The van der Waals surface area contributed by atoms with Gasteiger partial charge in [0.2, 0.25) is 11.7 Å². The van der Waals surface area contributed by atoms with Gasteiger partial charge in [-0.05, 0) is 38.0 Å². The summed E-state index contributed by atoms with van der Waals surface area (Å²) in [5.41, 5.74) is 1.60. The van der Waals surface area contributed by atoms with Gasteiger partial charge in [0.1, 0.15) is 0 Å². The summed E-state index contributed by atoms with van der Waals surface area (Å²) in [5.74, 6) is 0.0678. The molecule has 1 N–H and O–H groups in total. The van der Waals surface area contributed by atoms with E-state index in [4.69, 9.17) is 9.26 Å². The van der Waals surface area contributed by atoms with Gasteiger partial charge in [-0.2, -0.15) is 10.1 Å². The van der Waals surface area contributed by atoms with Crippen LogP contribution in [0.5, 0.6) is 0 Å². The SMILES string of the molecule is Cc1sc(-c2noc(C3CN(C(=O)C4(F)CC4)C3)n2)cc1NC(=O)c1cnn2ccc(N3CC4(COC4)C3)cc12. The standard InChI is InChI=1S/C27H26FN7O4S/c1-15-19(7-21(40-15)22-31-24(39-32-22)16-9-33(10-16)25(37)27(28)3-4-27)30-23(36)18-8-29-35-5-2-17(6-20(18)35)34-11-26(12-34)13-38-14-26/h2,5-8,16H,3-4,9-14H2,1H3,(H,30,36). The Balaban J connectivity index is 0.954. The predicted molar refractivity (Wildman–Crippen MR) is 143 cm³/mol. The van der Waals surface area contributed by atoms with Crippen LogP contribution in [-0.2, 0) is 9.53 Å². The van der Waals surface area contributed by atoms with Crippen LogP contribution < -0.4 is 10.2 Å². The molecule has 40 heavy (non-hydrogen) atoms. The number of hydrogen-bond donors (Lipinski definition) is 1. The summed E-state index contributed by atoms with van der Waals surface area (Å²) in [4.78, 5) is 35.4. The molecule has 4 fully saturated rings. The largest absolute Gasteiger partial charge is 0.380 e. The van der Waals surface area contributed by atoms with Crippen molar-refractivity contribution in [1.82, 2.24) is 24.7 Å². The fourth-order valence-electron chi connectivity index (χ4n) is 5.68. The number of carbonyl (C=O) groups excluding carboxylic acids is 2. The molecule has 7 heterocycles. The van der Waals surface area contributed by atoms with E-state index in [9.17, 15) is 14.0 Å². The molecule has 1 aliphatic carbocycles. The van der Waals surface area contributed by atoms with Gasteiger partial charge in [0.25, 0.3) is 11.8 Å². The number of pyridine rings is 1. The molecule has 4 aromatic rings. The zero-order chi connectivity index (χ0) is 27.2. The van der Waals surface area contributed by atoms with Crippen molar-refractivity contribution in [3.8, 4) is 10.7 Å². The topological polar surface area (TPSA) is 118 Å². The third-order valence-electron chi connectivity index (χ3n) is 8.40. The number of halogens is 1. The number of nitrogens with one attached hydrogen (secondary N) is 1. The average Bonchev–Trinajstić information content (AvgIpc) is 3.20. The van der Waals surface area contributed by atoms with Crippen LogP contribution in [0, 0.1) is 12.3 Å². The number of thiophene rings is 1. The summed E-state index contributed by atoms with van der Waals surface area (Å²) < 4.78 is 26.6. The van der Waals surface area contributed by atoms with Crippen LogP contribution in [0.4, 0.5) is 15.8 Å². The molecule has 11 nitrogen and oxygen atoms in total. The van der Waals surface area contributed by atoms with E-state index >= 15 is 0 Å². The van der Waals surface area contributed by atoms with Crippen LogP contribution in [0.1, 0.15) is 39.9 Å². The molecule has 0 atom stereocenters. The van der Waals surface area contributed by atoms with Gasteiger partial charge in [-0.15, -0.1) is 11.3 Å². The number of ether oxygens (including phenoxy) is 1. The number of rotatable bonds is 6. The van der Waals surface area contributed by atoms with Gasteiger partial charge in [0, 0.05) is 42.9 Å². The molecule has 206 valence electrons. The smallest absolute Gasteiger partial charge is 0.260 e. The van der Waals surface area contributed by atoms with Gasteiger partial charge < -0.3 is 24.4 Å². The summed E-state index contributed by atoms with van der Waals surface area (Å²) in [5, 5.41) is 11.5. The lowest BCUT2D eigenvalue weighted by molar-refractivity contribution is -0.143. The monoisotopic (exact) mass is 563 g/mol. The first-order valence-electron chi connectivity index (χ1n) is 13.3. The van der Waals surface area contributed by atoms with E-state index in [1.165, 1.54) is 16.2 Å². The molecule has 3 saturated heterocycles. The second-order valence-corrected chi connectivity index (χ2v) is 12.7. The molecule has 8 rings (SSSR count). The van der Waals surface area contributed by atoms with Gasteiger partial charge in [-0.3, -0.25) is 9.59 Å². The van der Waals surface area contributed by atoms with Gasteiger partial charge in [-0.1, -0.05) is 5.16 Å². The summed E-state index contributed by atoms with van der Waals surface area (Å²) in [6.07, 6.45) is 4.08. The Bertz CT molecular complexity index is 1670. The lowest BCUT2D eigenvalue weighted by Gasteiger charge is -2.56. The molecule has 2 amide bonds. The molecule has 13 heteroatoms. The maximum absolute atomic E-state index is 14.0. The minimum Gasteiger partial charge on any atom is -0.380 e. The van der Waals surface area contributed by atoms with E-state index in [-0.39, 0.29) is 11.8 Å². The Morgan fingerprint density at radius 2 is 2.00 bits per heavy atom. The fraction of sp³-hybridized carbons (Fsp3) is 0.444. The third kappa shape index (κ3) is 3.74. The van der Waals surface area contributed by atoms with Gasteiger partial charge in [-0.25, -0.2) is 8.91 Å². The van der Waals surface area contributed by atoms with Crippen molar-refractivity contribution in [2.24, 2.45) is 5.41 Å². The molecule has 1 spiro atoms. The highest BCUT2D eigenvalue weighted by atomic mass is 32.1. The Labute approximate surface area is 231 Å². The summed E-state index contributed by atoms with van der Waals surface area (Å²) >= 11 is 1.45. The highest BCUT2D eigenvalue weighted by molar-refractivity contribution is 7.16. The Kier molecular flexibility index (Phi) is 5.00. The van der Waals surface area contributed by atoms with Crippen molar-refractivity contribution in [1.29, 1.82) is 0 Å². The zero-order valence-corrected chi connectivity index (χ0v) is 22.5. The van der Waals surface area contributed by atoms with Crippen molar-refractivity contribution in [2.75, 3.05) is 49.6 Å². The molecular weight excluding hydrogens is 537 g/mol. The first kappa shape index (κ1) is 24.0. The molecule has 0 bridgehead atoms. The normalized spacial score (nSPS) is 20.8. The average molecular weight is 564 g/mol. The van der Waals surface area contributed by atoms with Gasteiger partial charge in [0.15, 0.2) is 5.67 Å². The van der Waals surface area contributed by atoms with Crippen molar-refractivity contribution >= 4 is 40.0 Å². The van der Waals surface area contributed by atoms with E-state index in [0.29, 0.717) is 54.3 Å². The number of likely N-dealkylation sites (tertiary alicyclic amines) is 1. The van der Waals surface area contributed by atoms with Crippen LogP contribution >= 0.6 is 11.3 Å². The Morgan fingerprint density at radius 3 is 2.73 bits per heavy atom. The van der Waals surface area contributed by atoms with Crippen LogP contribution in [0.15, 0.2) is 35.1 Å². The molecule has 3 aliphatic heterocycles. The summed E-state index contributed by atoms with van der Waals surface area (Å²) in [6.45, 7) is 6.24. The Hall–Kier alpha value is -3.84. The van der Waals surface area contributed by atoms with E-state index in [1.807, 2.05) is 31.3 Å². The van der Waals surface area contributed by atoms with Crippen LogP contribution in [0.25, 0.3) is 16.2 Å². The number of alkyl halides is 1. The third-order valence-corrected chi connectivity index (χ3v) is 9.45. The molecular formula is C27H26FN7O4S. The number of nitrogens with zero attached hydrogens (tertiary/aromatic N) is 6. The molecule has 0 aromatic carbocycles. The Morgan fingerprint density at radius 1 is 1.20 bits per heavy atom. The zero-order valence-electron chi connectivity index (χ0n) is 21.7. The van der Waals surface area contributed by atoms with Crippen LogP contribution in [-0.4, -0.2) is 81.5 Å². The summed E-state index contributed by atoms with van der Waals surface area (Å²) in [6, 6.07) is 5.86. The van der Waals surface area contributed by atoms with E-state index < -0.39 is 11.6 Å². The predicted octanol–water partition coefficient (Wildman–Crippen LogP) is 3.27. The van der Waals surface area contributed by atoms with E-state index in [2.05, 4.69) is 25.5 Å². The first-order valence-corrected chi connectivity index (χ1v) is 14.2. The summed E-state index contributed by atoms with van der Waals surface area (Å²) in [7, 11) is 0. The minimum atomic E-state index is -1.66. The lowest BCUT2D eigenvalue weighted by atomic mass is 9.78. The van der Waals surface area contributed by atoms with Gasteiger partial charge >= 0.3 is 0 Å². The van der Waals surface area contributed by atoms with E-state index in [1.54, 1.807) is 10.7 Å². The van der Waals surface area contributed by atoms with E-state index in [0.717, 1.165) is 47.3 Å². The molecule has 0 radical (unpaired) electrons. The molecule has 1 saturated carbocycles. The maximum Gasteiger partial charge on any atom is 0.260 e. The lowest BCUT2D eigenvalue weighted by Crippen LogP contribution is -2.66. The number of anilines is 2. The first-order chi connectivity index (χ1) is 19.3. The maximum atomic E-state index is 14.0. The highest BCUT2D eigenvalue weighted by Gasteiger charge is 2.55. The molecule has 4 aromatic heterocycles. The van der Waals surface area contributed by atoms with Crippen molar-refractivity contribution in [3.63, 3.8) is 0 Å². The second-order valence-electron chi connectivity index (χ2n) is 11.5. The van der Waals surface area contributed by atoms with Crippen LogP contribution in [0.3, 0.4) is 0 Å². The van der Waals surface area contributed by atoms with Gasteiger partial charge in [0.05, 0.1) is 52.4 Å². The fourth-order valence-corrected chi connectivity index (χ4v) is 6.58. The molecule has 0 unspecified atom stereocenters. The number of carbonyl (C=O) groups is 2. The van der Waals surface area contributed by atoms with Crippen molar-refractivity contribution in [2.45, 2.75) is 31.4 Å². The second kappa shape index (κ2) is 8.33.